The smallest absolute Gasteiger partial charge is 0.241 e. The maximum Gasteiger partial charge on any atom is 0.241 e. The first-order valence-electron chi connectivity index (χ1n) is 6.94. The number of nitrogens with one attached hydrogen (secondary N) is 1. The summed E-state index contributed by atoms with van der Waals surface area (Å²) in [6, 6.07) is 7.72. The Morgan fingerprint density at radius 1 is 1.48 bits per heavy atom. The van der Waals surface area contributed by atoms with Crippen LogP contribution in [0.5, 0.6) is 0 Å². The Morgan fingerprint density at radius 3 is 2.62 bits per heavy atom. The molecule has 0 bridgehead atoms. The normalized spacial score (nSPS) is 23.4. The highest BCUT2D eigenvalue weighted by Crippen LogP contribution is 2.29. The molecule has 0 aliphatic carbocycles. The number of anilines is 1. The average Bonchev–Trinajstić information content (AvgIpc) is 2.84. The molecule has 1 aromatic carbocycles. The Labute approximate surface area is 146 Å². The minimum Gasteiger partial charge on any atom is -0.330 e. The van der Waals surface area contributed by atoms with E-state index in [9.17, 15) is 4.79 Å². The molecule has 4 nitrogen and oxygen atoms in total. The number of hydrogen-bond acceptors (Lipinski definition) is 3. The molecule has 1 fully saturated rings. The molecule has 2 atom stereocenters. The number of carbonyl (C=O) groups is 1. The number of nitrogens with two attached hydrogens (primary N) is 1. The zero-order valence-electron chi connectivity index (χ0n) is 12.4. The summed E-state index contributed by atoms with van der Waals surface area (Å²) < 4.78 is 1.16. The number of likely N-dealkylation sites (tertiary alicyclic amines) is 1. The molecule has 1 aromatic rings. The third-order valence-corrected chi connectivity index (χ3v) is 4.84. The highest BCUT2D eigenvalue weighted by Gasteiger charge is 2.36. The highest BCUT2D eigenvalue weighted by molar-refractivity contribution is 14.1. The van der Waals surface area contributed by atoms with E-state index in [0.29, 0.717) is 6.54 Å². The lowest BCUT2D eigenvalue weighted by Crippen LogP contribution is -2.42. The van der Waals surface area contributed by atoms with Gasteiger partial charge in [0.05, 0.1) is 6.04 Å². The number of amides is 1. The average molecular weight is 424 g/mol. The van der Waals surface area contributed by atoms with E-state index in [1.165, 1.54) is 0 Å². The van der Waals surface area contributed by atoms with E-state index >= 15 is 0 Å². The number of halogens is 2. The summed E-state index contributed by atoms with van der Waals surface area (Å²) in [5, 5.41) is 2.98. The minimum atomic E-state index is -0.123. The molecule has 6 heteroatoms. The molecule has 0 saturated carbocycles. The second-order valence-electron chi connectivity index (χ2n) is 5.91. The highest BCUT2D eigenvalue weighted by atomic mass is 127. The summed E-state index contributed by atoms with van der Waals surface area (Å²) >= 11 is 2.25. The molecule has 0 aromatic heterocycles. The Balaban J connectivity index is 0.00000220. The van der Waals surface area contributed by atoms with Crippen LogP contribution in [0, 0.1) is 8.99 Å². The molecule has 0 spiro atoms. The molecule has 0 radical (unpaired) electrons. The van der Waals surface area contributed by atoms with Gasteiger partial charge in [-0.25, -0.2) is 0 Å². The van der Waals surface area contributed by atoms with Gasteiger partial charge in [-0.3, -0.25) is 9.69 Å². The van der Waals surface area contributed by atoms with Crippen molar-refractivity contribution < 1.29 is 4.79 Å². The first-order chi connectivity index (χ1) is 9.43. The van der Waals surface area contributed by atoms with Gasteiger partial charge in [0.25, 0.3) is 0 Å². The van der Waals surface area contributed by atoms with E-state index in [4.69, 9.17) is 5.73 Å². The zero-order chi connectivity index (χ0) is 14.8. The summed E-state index contributed by atoms with van der Waals surface area (Å²) in [4.78, 5) is 14.5. The van der Waals surface area contributed by atoms with Crippen molar-refractivity contribution in [2.45, 2.75) is 26.3 Å². The third-order valence-electron chi connectivity index (χ3n) is 4.12. The molecule has 2 unspecified atom stereocenters. The predicted molar refractivity (Wildman–Crippen MR) is 97.9 cm³/mol. The van der Waals surface area contributed by atoms with Crippen LogP contribution in [0.25, 0.3) is 0 Å². The summed E-state index contributed by atoms with van der Waals surface area (Å²) in [5.74, 6) is 0.0486. The fraction of sp³-hybridized carbons (Fsp3) is 0.533. The lowest BCUT2D eigenvalue weighted by molar-refractivity contribution is -0.120. The topological polar surface area (TPSA) is 58.4 Å². The molecular formula is C15H23ClIN3O. The molecular weight excluding hydrogens is 401 g/mol. The lowest BCUT2D eigenvalue weighted by atomic mass is 9.90. The molecule has 1 saturated heterocycles. The summed E-state index contributed by atoms with van der Waals surface area (Å²) in [6.07, 6.45) is 1.06. The van der Waals surface area contributed by atoms with Gasteiger partial charge in [0.2, 0.25) is 5.91 Å². The number of hydrogen-bond donors (Lipinski definition) is 2. The Bertz CT molecular complexity index is 482. The molecule has 3 N–H and O–H groups in total. The molecule has 1 heterocycles. The number of carbonyl (C=O) groups excluding carboxylic acids is 1. The quantitative estimate of drug-likeness (QED) is 0.732. The van der Waals surface area contributed by atoms with Crippen LogP contribution in [0.2, 0.25) is 0 Å². The van der Waals surface area contributed by atoms with Crippen LogP contribution >= 0.6 is 35.0 Å². The Morgan fingerprint density at radius 2 is 2.10 bits per heavy atom. The van der Waals surface area contributed by atoms with Gasteiger partial charge in [-0.05, 0) is 78.7 Å². The van der Waals surface area contributed by atoms with E-state index in [2.05, 4.69) is 39.7 Å². The van der Waals surface area contributed by atoms with Crippen molar-refractivity contribution in [3.8, 4) is 0 Å². The van der Waals surface area contributed by atoms with Crippen LogP contribution in [-0.2, 0) is 4.79 Å². The van der Waals surface area contributed by atoms with E-state index in [0.717, 1.165) is 28.8 Å². The zero-order valence-corrected chi connectivity index (χ0v) is 15.4. The summed E-state index contributed by atoms with van der Waals surface area (Å²) in [5.41, 5.74) is 6.82. The number of nitrogens with zero attached hydrogens (tertiary/aromatic N) is 1. The standard InChI is InChI=1S/C15H22IN3O.ClH/c1-11(19-8-7-15(2,9-17)10-19)14(20)18-13-5-3-12(16)4-6-13;/h3-6,11H,7-10,17H2,1-2H3,(H,18,20);1H. The van der Waals surface area contributed by atoms with Crippen molar-refractivity contribution in [2.75, 3.05) is 25.0 Å². The second-order valence-corrected chi connectivity index (χ2v) is 7.15. The van der Waals surface area contributed by atoms with Gasteiger partial charge in [0, 0.05) is 15.8 Å². The van der Waals surface area contributed by atoms with Crippen molar-refractivity contribution in [2.24, 2.45) is 11.1 Å². The monoisotopic (exact) mass is 423 g/mol. The maximum atomic E-state index is 12.3. The summed E-state index contributed by atoms with van der Waals surface area (Å²) in [7, 11) is 0. The van der Waals surface area contributed by atoms with Crippen molar-refractivity contribution in [1.82, 2.24) is 4.90 Å². The van der Waals surface area contributed by atoms with Crippen LogP contribution in [0.4, 0.5) is 5.69 Å². The Hall–Kier alpha value is -0.370. The van der Waals surface area contributed by atoms with Crippen molar-refractivity contribution in [3.63, 3.8) is 0 Å². The van der Waals surface area contributed by atoms with Crippen LogP contribution in [0.15, 0.2) is 24.3 Å². The first kappa shape index (κ1) is 18.7. The second kappa shape index (κ2) is 7.76. The molecule has 1 aliphatic heterocycles. The fourth-order valence-electron chi connectivity index (χ4n) is 2.50. The number of rotatable bonds is 4. The van der Waals surface area contributed by atoms with Gasteiger partial charge in [-0.1, -0.05) is 6.92 Å². The van der Waals surface area contributed by atoms with Crippen molar-refractivity contribution >= 4 is 46.6 Å². The largest absolute Gasteiger partial charge is 0.330 e. The van der Waals surface area contributed by atoms with Gasteiger partial charge in [0.1, 0.15) is 0 Å². The van der Waals surface area contributed by atoms with Crippen LogP contribution in [0.3, 0.4) is 0 Å². The van der Waals surface area contributed by atoms with Gasteiger partial charge in [-0.15, -0.1) is 12.4 Å². The SMILES string of the molecule is CC(C(=O)Nc1ccc(I)cc1)N1CCC(C)(CN)C1.Cl. The molecule has 1 aliphatic rings. The molecule has 1 amide bonds. The molecule has 2 rings (SSSR count). The van der Waals surface area contributed by atoms with Crippen LogP contribution in [-0.4, -0.2) is 36.5 Å². The van der Waals surface area contributed by atoms with Crippen LogP contribution < -0.4 is 11.1 Å². The van der Waals surface area contributed by atoms with Gasteiger partial charge >= 0.3 is 0 Å². The van der Waals surface area contributed by atoms with Gasteiger partial charge in [-0.2, -0.15) is 0 Å². The third kappa shape index (κ3) is 4.81. The van der Waals surface area contributed by atoms with Gasteiger partial charge < -0.3 is 11.1 Å². The minimum absolute atomic E-state index is 0. The van der Waals surface area contributed by atoms with E-state index in [1.54, 1.807) is 0 Å². The van der Waals surface area contributed by atoms with E-state index in [1.807, 2.05) is 31.2 Å². The summed E-state index contributed by atoms with van der Waals surface area (Å²) in [6.45, 7) is 6.66. The fourth-order valence-corrected chi connectivity index (χ4v) is 2.86. The maximum absolute atomic E-state index is 12.3. The van der Waals surface area contributed by atoms with E-state index in [-0.39, 0.29) is 29.8 Å². The Kier molecular flexibility index (Phi) is 6.90. The van der Waals surface area contributed by atoms with E-state index < -0.39 is 0 Å². The predicted octanol–water partition coefficient (Wildman–Crippen LogP) is 2.71. The molecule has 118 valence electrons. The first-order valence-corrected chi connectivity index (χ1v) is 8.02. The van der Waals surface area contributed by atoms with Crippen molar-refractivity contribution in [1.29, 1.82) is 0 Å². The van der Waals surface area contributed by atoms with Gasteiger partial charge in [0.15, 0.2) is 0 Å². The molecule has 21 heavy (non-hydrogen) atoms. The van der Waals surface area contributed by atoms with Crippen molar-refractivity contribution in [3.05, 3.63) is 27.8 Å². The lowest BCUT2D eigenvalue weighted by Gasteiger charge is -2.26. The number of benzene rings is 1. The van der Waals surface area contributed by atoms with Crippen LogP contribution in [0.1, 0.15) is 20.3 Å².